The molecular formula is C26H27F5N2O4. The minimum Gasteiger partial charge on any atom is -0.493 e. The molecule has 0 unspecified atom stereocenters. The average Bonchev–Trinajstić information content (AvgIpc) is 2.84. The third-order valence-electron chi connectivity index (χ3n) is 7.61. The van der Waals surface area contributed by atoms with Crippen molar-refractivity contribution in [3.63, 3.8) is 0 Å². The minimum atomic E-state index is -5.05. The molecule has 0 saturated carbocycles. The summed E-state index contributed by atoms with van der Waals surface area (Å²) in [5.41, 5.74) is -4.15. The van der Waals surface area contributed by atoms with Gasteiger partial charge in [0.05, 0.1) is 7.11 Å². The normalized spacial score (nSPS) is 21.3. The molecule has 1 N–H and O–H groups in total. The van der Waals surface area contributed by atoms with E-state index < -0.39 is 40.7 Å². The van der Waals surface area contributed by atoms with Gasteiger partial charge in [-0.25, -0.2) is 8.78 Å². The Morgan fingerprint density at radius 3 is 2.30 bits per heavy atom. The highest BCUT2D eigenvalue weighted by Crippen LogP contribution is 2.52. The Balaban J connectivity index is 1.67. The molecule has 0 bridgehead atoms. The van der Waals surface area contributed by atoms with Gasteiger partial charge in [-0.05, 0) is 24.3 Å². The number of halogens is 5. The lowest BCUT2D eigenvalue weighted by molar-refractivity contribution is -0.271. The number of alkyl halides is 3. The maximum atomic E-state index is 14.5. The van der Waals surface area contributed by atoms with Gasteiger partial charge in [-0.3, -0.25) is 9.59 Å². The van der Waals surface area contributed by atoms with E-state index in [1.165, 1.54) is 37.4 Å². The average molecular weight is 527 g/mol. The zero-order chi connectivity index (χ0) is 27.0. The van der Waals surface area contributed by atoms with Gasteiger partial charge < -0.3 is 19.7 Å². The monoisotopic (exact) mass is 526 g/mol. The van der Waals surface area contributed by atoms with Crippen LogP contribution in [0.4, 0.5) is 22.0 Å². The molecule has 2 aromatic rings. The van der Waals surface area contributed by atoms with E-state index in [0.29, 0.717) is 6.07 Å². The Bertz CT molecular complexity index is 1170. The molecule has 6 nitrogen and oxygen atoms in total. The Labute approximate surface area is 210 Å². The SMILES string of the molecule is COc1c(F)cc(F)cc1[C@@H]1CNC(=O)CC12CCN(C(=O)[C@](OC)(c1ccccc1)C(F)(F)F)CC2. The van der Waals surface area contributed by atoms with Crippen LogP contribution in [0, 0.1) is 17.0 Å². The molecule has 2 saturated heterocycles. The number of ether oxygens (including phenoxy) is 2. The zero-order valence-electron chi connectivity index (χ0n) is 20.3. The smallest absolute Gasteiger partial charge is 0.430 e. The van der Waals surface area contributed by atoms with Crippen LogP contribution in [0.15, 0.2) is 42.5 Å². The Hall–Kier alpha value is -3.21. The van der Waals surface area contributed by atoms with Gasteiger partial charge in [-0.15, -0.1) is 0 Å². The van der Waals surface area contributed by atoms with E-state index in [1.807, 2.05) is 0 Å². The van der Waals surface area contributed by atoms with Crippen LogP contribution < -0.4 is 10.1 Å². The van der Waals surface area contributed by atoms with Crippen molar-refractivity contribution in [3.8, 4) is 5.75 Å². The van der Waals surface area contributed by atoms with Crippen LogP contribution in [-0.4, -0.2) is 56.7 Å². The largest absolute Gasteiger partial charge is 0.493 e. The van der Waals surface area contributed by atoms with E-state index in [1.54, 1.807) is 0 Å². The fourth-order valence-electron chi connectivity index (χ4n) is 5.74. The third kappa shape index (κ3) is 4.54. The molecule has 2 aromatic carbocycles. The number of hydrogen-bond donors (Lipinski definition) is 1. The van der Waals surface area contributed by atoms with Crippen LogP contribution in [0.3, 0.4) is 0 Å². The third-order valence-corrected chi connectivity index (χ3v) is 7.61. The summed E-state index contributed by atoms with van der Waals surface area (Å²) in [6, 6.07) is 8.54. The van der Waals surface area contributed by atoms with E-state index >= 15 is 0 Å². The molecule has 2 aliphatic rings. The highest BCUT2D eigenvalue weighted by atomic mass is 19.4. The maximum absolute atomic E-state index is 14.5. The predicted octanol–water partition coefficient (Wildman–Crippen LogP) is 4.29. The molecule has 2 atom stereocenters. The molecule has 11 heteroatoms. The lowest BCUT2D eigenvalue weighted by atomic mass is 9.62. The van der Waals surface area contributed by atoms with Crippen molar-refractivity contribution in [3.05, 3.63) is 65.2 Å². The van der Waals surface area contributed by atoms with Crippen molar-refractivity contribution < 1.29 is 41.0 Å². The summed E-state index contributed by atoms with van der Waals surface area (Å²) >= 11 is 0. The number of amides is 2. The molecule has 2 heterocycles. The molecule has 2 amide bonds. The van der Waals surface area contributed by atoms with E-state index in [-0.39, 0.29) is 61.7 Å². The van der Waals surface area contributed by atoms with E-state index in [9.17, 15) is 31.5 Å². The molecule has 1 spiro atoms. The first-order chi connectivity index (χ1) is 17.5. The Morgan fingerprint density at radius 1 is 1.08 bits per heavy atom. The van der Waals surface area contributed by atoms with Crippen molar-refractivity contribution in [1.29, 1.82) is 0 Å². The lowest BCUT2D eigenvalue weighted by Gasteiger charge is -2.50. The number of likely N-dealkylation sites (tertiary alicyclic amines) is 1. The van der Waals surface area contributed by atoms with Gasteiger partial charge in [0.25, 0.3) is 11.5 Å². The summed E-state index contributed by atoms with van der Waals surface area (Å²) < 4.78 is 82.0. The van der Waals surface area contributed by atoms with E-state index in [0.717, 1.165) is 18.1 Å². The lowest BCUT2D eigenvalue weighted by Crippen LogP contribution is -2.60. The number of carbonyl (C=O) groups is 2. The fraction of sp³-hybridized carbons (Fsp3) is 0.462. The number of carbonyl (C=O) groups excluding carboxylic acids is 2. The first-order valence-electron chi connectivity index (χ1n) is 11.8. The summed E-state index contributed by atoms with van der Waals surface area (Å²) in [6.45, 7) is -0.131. The predicted molar refractivity (Wildman–Crippen MR) is 123 cm³/mol. The second-order valence-corrected chi connectivity index (χ2v) is 9.45. The number of benzene rings is 2. The van der Waals surface area contributed by atoms with E-state index in [4.69, 9.17) is 9.47 Å². The van der Waals surface area contributed by atoms with Crippen molar-refractivity contribution >= 4 is 11.8 Å². The summed E-state index contributed by atoms with van der Waals surface area (Å²) in [6.07, 6.45) is -4.77. The number of methoxy groups -OCH3 is 2. The van der Waals surface area contributed by atoms with Crippen LogP contribution in [0.25, 0.3) is 0 Å². The number of rotatable bonds is 5. The molecular weight excluding hydrogens is 499 g/mol. The first-order valence-corrected chi connectivity index (χ1v) is 11.8. The second-order valence-electron chi connectivity index (χ2n) is 9.45. The standard InChI is InChI=1S/C26H27F5N2O4/c1-36-22-18(12-17(27)13-20(22)28)19-15-32-21(34)14-24(19)8-10-33(11-9-24)23(35)25(37-2,26(29,30)31)16-6-4-3-5-7-16/h3-7,12-13,19H,8-11,14-15H2,1-2H3,(H,32,34)/t19-,25+/m0/s1. The van der Waals surface area contributed by atoms with Gasteiger partial charge in [0.2, 0.25) is 5.91 Å². The van der Waals surface area contributed by atoms with Crippen LogP contribution in [0.5, 0.6) is 5.75 Å². The molecule has 2 fully saturated rings. The van der Waals surface area contributed by atoms with E-state index in [2.05, 4.69) is 5.32 Å². The van der Waals surface area contributed by atoms with Gasteiger partial charge in [-0.2, -0.15) is 13.2 Å². The Kier molecular flexibility index (Phi) is 7.20. The van der Waals surface area contributed by atoms with Gasteiger partial charge in [0.1, 0.15) is 5.82 Å². The highest BCUT2D eigenvalue weighted by Gasteiger charge is 2.64. The first kappa shape index (κ1) is 26.8. The molecule has 37 heavy (non-hydrogen) atoms. The quantitative estimate of drug-likeness (QED) is 0.591. The molecule has 0 aromatic heterocycles. The summed E-state index contributed by atoms with van der Waals surface area (Å²) in [5, 5.41) is 2.71. The van der Waals surface area contributed by atoms with Crippen molar-refractivity contribution in [2.24, 2.45) is 5.41 Å². The van der Waals surface area contributed by atoms with Crippen LogP contribution >= 0.6 is 0 Å². The fourth-order valence-corrected chi connectivity index (χ4v) is 5.74. The molecule has 4 rings (SSSR count). The second kappa shape index (κ2) is 9.92. The van der Waals surface area contributed by atoms with Gasteiger partial charge in [-0.1, -0.05) is 30.3 Å². The maximum Gasteiger partial charge on any atom is 0.430 e. The van der Waals surface area contributed by atoms with Gasteiger partial charge in [0.15, 0.2) is 11.6 Å². The zero-order valence-corrected chi connectivity index (χ0v) is 20.3. The van der Waals surface area contributed by atoms with Crippen LogP contribution in [0.1, 0.15) is 36.3 Å². The Morgan fingerprint density at radius 2 is 1.73 bits per heavy atom. The number of hydrogen-bond acceptors (Lipinski definition) is 4. The molecule has 0 radical (unpaired) electrons. The van der Waals surface area contributed by atoms with Crippen molar-refractivity contribution in [2.75, 3.05) is 33.9 Å². The molecule has 2 aliphatic heterocycles. The molecule has 200 valence electrons. The van der Waals surface area contributed by atoms with Crippen molar-refractivity contribution in [2.45, 2.75) is 37.0 Å². The number of piperidine rings is 2. The molecule has 0 aliphatic carbocycles. The number of nitrogens with one attached hydrogen (secondary N) is 1. The van der Waals surface area contributed by atoms with Crippen molar-refractivity contribution in [1.82, 2.24) is 10.2 Å². The highest BCUT2D eigenvalue weighted by molar-refractivity contribution is 5.88. The van der Waals surface area contributed by atoms with Crippen LogP contribution in [-0.2, 0) is 19.9 Å². The minimum absolute atomic E-state index is 0.00559. The summed E-state index contributed by atoms with van der Waals surface area (Å²) in [4.78, 5) is 26.9. The van der Waals surface area contributed by atoms with Gasteiger partial charge >= 0.3 is 6.18 Å². The van der Waals surface area contributed by atoms with Gasteiger partial charge in [0, 0.05) is 56.3 Å². The topological polar surface area (TPSA) is 67.9 Å². The summed E-state index contributed by atoms with van der Waals surface area (Å²) in [7, 11) is 2.09. The number of nitrogens with zero attached hydrogens (tertiary/aromatic N) is 1. The van der Waals surface area contributed by atoms with Crippen LogP contribution in [0.2, 0.25) is 0 Å². The summed E-state index contributed by atoms with van der Waals surface area (Å²) in [5.74, 6) is -3.97.